The third kappa shape index (κ3) is 2.47. The molecule has 1 aliphatic heterocycles. The number of quaternary nitrogens is 1. The Bertz CT molecular complexity index is 209. The van der Waals surface area contributed by atoms with Gasteiger partial charge < -0.3 is 10.1 Å². The van der Waals surface area contributed by atoms with Crippen LogP contribution in [0.4, 0.5) is 0 Å². The van der Waals surface area contributed by atoms with E-state index in [9.17, 15) is 4.79 Å². The molecule has 1 rings (SSSR count). The predicted molar refractivity (Wildman–Crippen MR) is 54.8 cm³/mol. The zero-order chi connectivity index (χ0) is 10.8. The van der Waals surface area contributed by atoms with Crippen molar-refractivity contribution >= 4 is 5.97 Å². The first-order valence-corrected chi connectivity index (χ1v) is 5.52. The zero-order valence-corrected chi connectivity index (χ0v) is 9.67. The van der Waals surface area contributed by atoms with Gasteiger partial charge in [-0.2, -0.15) is 0 Å². The Labute approximate surface area is 86.2 Å². The minimum atomic E-state index is -0.282. The number of nitrogens with two attached hydrogens (primary N) is 1. The smallest absolute Gasteiger partial charge is 0.309 e. The Morgan fingerprint density at radius 2 is 2.14 bits per heavy atom. The second kappa shape index (κ2) is 4.30. The predicted octanol–water partition coefficient (Wildman–Crippen LogP) is 0.547. The Morgan fingerprint density at radius 1 is 1.57 bits per heavy atom. The molecule has 1 fully saturated rings. The first kappa shape index (κ1) is 11.5. The van der Waals surface area contributed by atoms with Crippen LogP contribution in [0.2, 0.25) is 0 Å². The minimum absolute atomic E-state index is 0.0262. The van der Waals surface area contributed by atoms with Crippen LogP contribution in [0.5, 0.6) is 0 Å². The van der Waals surface area contributed by atoms with Crippen molar-refractivity contribution in [3.8, 4) is 0 Å². The van der Waals surface area contributed by atoms with E-state index < -0.39 is 0 Å². The van der Waals surface area contributed by atoms with Crippen molar-refractivity contribution in [1.29, 1.82) is 0 Å². The maximum Gasteiger partial charge on any atom is 0.309 e. The van der Waals surface area contributed by atoms with Crippen LogP contribution in [-0.4, -0.2) is 24.7 Å². The summed E-state index contributed by atoms with van der Waals surface area (Å²) in [4.78, 5) is 11.6. The van der Waals surface area contributed by atoms with Gasteiger partial charge in [0.1, 0.15) is 5.60 Å². The van der Waals surface area contributed by atoms with Gasteiger partial charge >= 0.3 is 5.97 Å². The maximum atomic E-state index is 11.6. The molecule has 1 atom stereocenters. The number of carbonyl (C=O) groups is 1. The topological polar surface area (TPSA) is 42.9 Å². The molecule has 2 N–H and O–H groups in total. The highest BCUT2D eigenvalue weighted by Crippen LogP contribution is 2.23. The summed E-state index contributed by atoms with van der Waals surface area (Å²) in [5.41, 5.74) is -0.282. The summed E-state index contributed by atoms with van der Waals surface area (Å²) in [6.07, 6.45) is 0.853. The Balaban J connectivity index is 2.44. The van der Waals surface area contributed by atoms with Crippen molar-refractivity contribution in [1.82, 2.24) is 0 Å². The summed E-state index contributed by atoms with van der Waals surface area (Å²) in [6, 6.07) is 0. The molecule has 0 saturated carbocycles. The summed E-state index contributed by atoms with van der Waals surface area (Å²) in [6.45, 7) is 10.1. The van der Waals surface area contributed by atoms with Crippen LogP contribution in [-0.2, 0) is 9.53 Å². The fourth-order valence-electron chi connectivity index (χ4n) is 1.51. The van der Waals surface area contributed by atoms with Crippen molar-refractivity contribution in [2.45, 2.75) is 39.7 Å². The number of hydrogen-bond acceptors (Lipinski definition) is 2. The summed E-state index contributed by atoms with van der Waals surface area (Å²) in [5.74, 6) is 0.498. The van der Waals surface area contributed by atoms with E-state index in [1.165, 1.54) is 0 Å². The fraction of sp³-hybridized carbons (Fsp3) is 0.909. The number of esters is 1. The average Bonchev–Trinajstić information content (AvgIpc) is 1.97. The lowest BCUT2D eigenvalue weighted by atomic mass is 9.86. The molecule has 0 aromatic carbocycles. The van der Waals surface area contributed by atoms with Gasteiger partial charge in [-0.25, -0.2) is 0 Å². The van der Waals surface area contributed by atoms with Gasteiger partial charge in [-0.1, -0.05) is 13.8 Å². The van der Waals surface area contributed by atoms with E-state index >= 15 is 0 Å². The number of ether oxygens (including phenoxy) is 1. The van der Waals surface area contributed by atoms with E-state index in [0.717, 1.165) is 19.5 Å². The van der Waals surface area contributed by atoms with Crippen LogP contribution < -0.4 is 5.32 Å². The lowest BCUT2D eigenvalue weighted by Crippen LogP contribution is -2.98. The van der Waals surface area contributed by atoms with Gasteiger partial charge in [-0.3, -0.25) is 4.79 Å². The van der Waals surface area contributed by atoms with Crippen molar-refractivity contribution < 1.29 is 14.8 Å². The van der Waals surface area contributed by atoms with Gasteiger partial charge in [0.25, 0.3) is 0 Å². The molecule has 0 spiro atoms. The third-order valence-electron chi connectivity index (χ3n) is 3.26. The highest BCUT2D eigenvalue weighted by atomic mass is 16.6. The van der Waals surface area contributed by atoms with E-state index in [-0.39, 0.29) is 17.5 Å². The number of carbonyl (C=O) groups excluding carboxylic acids is 1. The minimum Gasteiger partial charge on any atom is -0.459 e. The molecule has 0 aliphatic carbocycles. The molecule has 0 aromatic rings. The molecular weight excluding hydrogens is 178 g/mol. The SMILES string of the molecule is CCC(C)C(=O)OC(C)(C)C1C[NH2+]C1. The molecule has 1 saturated heterocycles. The fourth-order valence-corrected chi connectivity index (χ4v) is 1.51. The molecule has 14 heavy (non-hydrogen) atoms. The molecule has 1 aliphatic rings. The quantitative estimate of drug-likeness (QED) is 0.673. The largest absolute Gasteiger partial charge is 0.459 e. The van der Waals surface area contributed by atoms with Crippen LogP contribution in [0.25, 0.3) is 0 Å². The summed E-state index contributed by atoms with van der Waals surface area (Å²) in [5, 5.41) is 2.24. The molecule has 1 unspecified atom stereocenters. The monoisotopic (exact) mass is 200 g/mol. The molecule has 82 valence electrons. The standard InChI is InChI=1S/C11H21NO2/c1-5-8(2)10(13)14-11(3,4)9-6-12-7-9/h8-9,12H,5-7H2,1-4H3/p+1. The molecule has 1 heterocycles. The van der Waals surface area contributed by atoms with Gasteiger partial charge in [0.2, 0.25) is 0 Å². The van der Waals surface area contributed by atoms with Gasteiger partial charge in [-0.05, 0) is 20.3 Å². The van der Waals surface area contributed by atoms with Crippen molar-refractivity contribution in [2.24, 2.45) is 11.8 Å². The molecule has 0 amide bonds. The van der Waals surface area contributed by atoms with Crippen molar-refractivity contribution in [2.75, 3.05) is 13.1 Å². The highest BCUT2D eigenvalue weighted by Gasteiger charge is 2.41. The molecule has 0 bridgehead atoms. The molecular formula is C11H22NO2+. The number of rotatable bonds is 4. The lowest BCUT2D eigenvalue weighted by molar-refractivity contribution is -0.728. The second-order valence-electron chi connectivity index (χ2n) is 4.79. The van der Waals surface area contributed by atoms with Gasteiger partial charge in [0.05, 0.1) is 24.9 Å². The van der Waals surface area contributed by atoms with Crippen LogP contribution in [0.3, 0.4) is 0 Å². The Kier molecular flexibility index (Phi) is 3.53. The molecule has 3 nitrogen and oxygen atoms in total. The normalized spacial score (nSPS) is 20.0. The highest BCUT2D eigenvalue weighted by molar-refractivity contribution is 5.72. The first-order valence-electron chi connectivity index (χ1n) is 5.52. The number of hydrogen-bond donors (Lipinski definition) is 1. The average molecular weight is 200 g/mol. The van der Waals surface area contributed by atoms with Crippen molar-refractivity contribution in [3.05, 3.63) is 0 Å². The molecule has 0 aromatic heterocycles. The van der Waals surface area contributed by atoms with Gasteiger partial charge in [-0.15, -0.1) is 0 Å². The van der Waals surface area contributed by atoms with E-state index in [4.69, 9.17) is 4.74 Å². The van der Waals surface area contributed by atoms with Gasteiger partial charge in [0, 0.05) is 0 Å². The van der Waals surface area contributed by atoms with Crippen molar-refractivity contribution in [3.63, 3.8) is 0 Å². The van der Waals surface area contributed by atoms with E-state index in [2.05, 4.69) is 5.32 Å². The van der Waals surface area contributed by atoms with Crippen LogP contribution in [0.15, 0.2) is 0 Å². The third-order valence-corrected chi connectivity index (χ3v) is 3.26. The zero-order valence-electron chi connectivity index (χ0n) is 9.67. The molecule has 0 radical (unpaired) electrons. The van der Waals surface area contributed by atoms with Gasteiger partial charge in [0.15, 0.2) is 0 Å². The Hall–Kier alpha value is -0.570. The molecule has 3 heteroatoms. The maximum absolute atomic E-state index is 11.6. The summed E-state index contributed by atoms with van der Waals surface area (Å²) in [7, 11) is 0. The van der Waals surface area contributed by atoms with Crippen LogP contribution >= 0.6 is 0 Å². The first-order chi connectivity index (χ1) is 6.47. The van der Waals surface area contributed by atoms with Crippen LogP contribution in [0, 0.1) is 11.8 Å². The van der Waals surface area contributed by atoms with E-state index in [1.54, 1.807) is 0 Å². The Morgan fingerprint density at radius 3 is 2.50 bits per heavy atom. The van der Waals surface area contributed by atoms with Crippen LogP contribution in [0.1, 0.15) is 34.1 Å². The summed E-state index contributed by atoms with van der Waals surface area (Å²) >= 11 is 0. The lowest BCUT2D eigenvalue weighted by Gasteiger charge is -2.37. The van der Waals surface area contributed by atoms with E-state index in [0.29, 0.717) is 5.92 Å². The summed E-state index contributed by atoms with van der Waals surface area (Å²) < 4.78 is 5.54. The second-order valence-corrected chi connectivity index (χ2v) is 4.79. The van der Waals surface area contributed by atoms with E-state index in [1.807, 2.05) is 27.7 Å².